The number of methoxy groups -OCH3 is 1. The van der Waals surface area contributed by atoms with Gasteiger partial charge in [-0.05, 0) is 41.6 Å². The number of aromatic hydroxyl groups is 1. The van der Waals surface area contributed by atoms with Crippen molar-refractivity contribution in [3.8, 4) is 11.5 Å². The quantitative estimate of drug-likeness (QED) is 0.671. The van der Waals surface area contributed by atoms with E-state index in [4.69, 9.17) is 4.74 Å². The highest BCUT2D eigenvalue weighted by molar-refractivity contribution is 14.1. The van der Waals surface area contributed by atoms with Crippen molar-refractivity contribution in [3.63, 3.8) is 0 Å². The molecule has 0 spiro atoms. The van der Waals surface area contributed by atoms with Crippen molar-refractivity contribution >= 4 is 28.4 Å². The largest absolute Gasteiger partial charge is 0.507 e. The molecular weight excluding hydrogens is 283 g/mol. The fourth-order valence-corrected chi connectivity index (χ4v) is 1.65. The first-order chi connectivity index (χ1) is 6.06. The number of phenols is 1. The predicted octanol–water partition coefficient (Wildman–Crippen LogP) is 2.21. The van der Waals surface area contributed by atoms with Gasteiger partial charge in [-0.2, -0.15) is 0 Å². The third-order valence-corrected chi connectivity index (χ3v) is 2.49. The third-order valence-electron chi connectivity index (χ3n) is 1.65. The van der Waals surface area contributed by atoms with E-state index in [0.29, 0.717) is 5.75 Å². The summed E-state index contributed by atoms with van der Waals surface area (Å²) >= 11 is 2.03. The highest BCUT2D eigenvalue weighted by Crippen LogP contribution is 2.29. The number of rotatable bonds is 2. The molecule has 1 aromatic rings. The minimum Gasteiger partial charge on any atom is -0.507 e. The first-order valence-electron chi connectivity index (χ1n) is 3.63. The fraction of sp³-hybridized carbons (Fsp3) is 0.222. The van der Waals surface area contributed by atoms with E-state index in [2.05, 4.69) is 0 Å². The molecule has 70 valence electrons. The highest BCUT2D eigenvalue weighted by Gasteiger charge is 2.10. The summed E-state index contributed by atoms with van der Waals surface area (Å²) in [6, 6.07) is 3.05. The Morgan fingerprint density at radius 3 is 2.62 bits per heavy atom. The maximum atomic E-state index is 11.0. The molecule has 13 heavy (non-hydrogen) atoms. The molecule has 0 aliphatic heterocycles. The van der Waals surface area contributed by atoms with Gasteiger partial charge in [-0.1, -0.05) is 0 Å². The summed E-state index contributed by atoms with van der Waals surface area (Å²) in [5.74, 6) is 0.425. The Morgan fingerprint density at radius 2 is 2.15 bits per heavy atom. The van der Waals surface area contributed by atoms with Crippen LogP contribution in [0.4, 0.5) is 0 Å². The average molecular weight is 292 g/mol. The number of hydrogen-bond donors (Lipinski definition) is 1. The second-order valence-electron chi connectivity index (χ2n) is 2.56. The number of carbonyl (C=O) groups is 1. The SMILES string of the molecule is COc1cc(C(C)=O)c(O)cc1I. The number of Topliss-reactive ketones (excluding diaryl/α,β-unsaturated/α-hetero) is 1. The minimum atomic E-state index is -0.174. The molecule has 0 atom stereocenters. The van der Waals surface area contributed by atoms with Gasteiger partial charge in [0.05, 0.1) is 16.2 Å². The van der Waals surface area contributed by atoms with Crippen molar-refractivity contribution in [3.05, 3.63) is 21.3 Å². The van der Waals surface area contributed by atoms with Crippen LogP contribution in [0.3, 0.4) is 0 Å². The van der Waals surface area contributed by atoms with Crippen molar-refractivity contribution in [1.29, 1.82) is 0 Å². The van der Waals surface area contributed by atoms with E-state index < -0.39 is 0 Å². The number of halogens is 1. The van der Waals surface area contributed by atoms with Crippen LogP contribution in [0.15, 0.2) is 12.1 Å². The van der Waals surface area contributed by atoms with E-state index in [1.807, 2.05) is 22.6 Å². The van der Waals surface area contributed by atoms with Gasteiger partial charge in [0.15, 0.2) is 5.78 Å². The predicted molar refractivity (Wildman–Crippen MR) is 57.4 cm³/mol. The lowest BCUT2D eigenvalue weighted by molar-refractivity contribution is 0.101. The Balaban J connectivity index is 3.30. The first-order valence-corrected chi connectivity index (χ1v) is 4.71. The lowest BCUT2D eigenvalue weighted by Gasteiger charge is -2.06. The van der Waals surface area contributed by atoms with Gasteiger partial charge in [-0.15, -0.1) is 0 Å². The van der Waals surface area contributed by atoms with E-state index in [0.717, 1.165) is 3.57 Å². The first kappa shape index (κ1) is 10.3. The van der Waals surface area contributed by atoms with Gasteiger partial charge in [-0.25, -0.2) is 0 Å². The Bertz CT molecular complexity index is 347. The minimum absolute atomic E-state index is 0.00213. The van der Waals surface area contributed by atoms with Gasteiger partial charge in [-0.3, -0.25) is 4.79 Å². The molecular formula is C9H9IO3. The molecule has 4 heteroatoms. The zero-order valence-corrected chi connectivity index (χ0v) is 9.45. The van der Waals surface area contributed by atoms with Gasteiger partial charge < -0.3 is 9.84 Å². The molecule has 0 saturated heterocycles. The van der Waals surface area contributed by atoms with E-state index in [1.54, 1.807) is 6.07 Å². The summed E-state index contributed by atoms with van der Waals surface area (Å²) in [5.41, 5.74) is 0.289. The summed E-state index contributed by atoms with van der Waals surface area (Å²) in [4.78, 5) is 11.0. The fourth-order valence-electron chi connectivity index (χ4n) is 0.981. The van der Waals surface area contributed by atoms with Gasteiger partial charge in [0, 0.05) is 0 Å². The lowest BCUT2D eigenvalue weighted by Crippen LogP contribution is -1.96. The molecule has 1 aromatic carbocycles. The molecule has 0 aromatic heterocycles. The maximum absolute atomic E-state index is 11.0. The van der Waals surface area contributed by atoms with Crippen LogP contribution in [0, 0.1) is 3.57 Å². The molecule has 0 unspecified atom stereocenters. The van der Waals surface area contributed by atoms with Crippen LogP contribution in [0.25, 0.3) is 0 Å². The summed E-state index contributed by atoms with van der Waals surface area (Å²) in [6.45, 7) is 1.40. The summed E-state index contributed by atoms with van der Waals surface area (Å²) in [6.07, 6.45) is 0. The molecule has 0 aliphatic rings. The number of ether oxygens (including phenoxy) is 1. The van der Waals surface area contributed by atoms with Crippen LogP contribution in [0.1, 0.15) is 17.3 Å². The van der Waals surface area contributed by atoms with Crippen LogP contribution in [-0.2, 0) is 0 Å². The Morgan fingerprint density at radius 1 is 1.54 bits per heavy atom. The van der Waals surface area contributed by atoms with E-state index in [9.17, 15) is 9.90 Å². The smallest absolute Gasteiger partial charge is 0.163 e. The maximum Gasteiger partial charge on any atom is 0.163 e. The molecule has 0 saturated carbocycles. The monoisotopic (exact) mass is 292 g/mol. The second-order valence-corrected chi connectivity index (χ2v) is 3.72. The average Bonchev–Trinajstić information content (AvgIpc) is 2.03. The number of hydrogen-bond acceptors (Lipinski definition) is 3. The molecule has 0 fully saturated rings. The second kappa shape index (κ2) is 3.95. The summed E-state index contributed by atoms with van der Waals surface area (Å²) < 4.78 is 5.80. The van der Waals surface area contributed by atoms with Crippen molar-refractivity contribution in [2.75, 3.05) is 7.11 Å². The number of benzene rings is 1. The van der Waals surface area contributed by atoms with Crippen molar-refractivity contribution in [2.24, 2.45) is 0 Å². The van der Waals surface area contributed by atoms with E-state index >= 15 is 0 Å². The van der Waals surface area contributed by atoms with E-state index in [1.165, 1.54) is 20.1 Å². The van der Waals surface area contributed by atoms with Gasteiger partial charge in [0.2, 0.25) is 0 Å². The van der Waals surface area contributed by atoms with Crippen LogP contribution in [-0.4, -0.2) is 18.0 Å². The Labute approximate surface area is 89.9 Å². The van der Waals surface area contributed by atoms with Gasteiger partial charge in [0.25, 0.3) is 0 Å². The normalized spacial score (nSPS) is 9.77. The van der Waals surface area contributed by atoms with Crippen LogP contribution in [0.5, 0.6) is 11.5 Å². The van der Waals surface area contributed by atoms with E-state index in [-0.39, 0.29) is 17.1 Å². The molecule has 3 nitrogen and oxygen atoms in total. The zero-order valence-electron chi connectivity index (χ0n) is 7.30. The van der Waals surface area contributed by atoms with Gasteiger partial charge >= 0.3 is 0 Å². The molecule has 1 rings (SSSR count). The van der Waals surface area contributed by atoms with Gasteiger partial charge in [0.1, 0.15) is 11.5 Å². The third kappa shape index (κ3) is 2.12. The Kier molecular flexibility index (Phi) is 3.13. The number of phenolic OH excluding ortho intramolecular Hbond substituents is 1. The number of ketones is 1. The van der Waals surface area contributed by atoms with Crippen LogP contribution >= 0.6 is 22.6 Å². The van der Waals surface area contributed by atoms with Crippen LogP contribution in [0.2, 0.25) is 0 Å². The zero-order chi connectivity index (χ0) is 10.0. The van der Waals surface area contributed by atoms with Crippen molar-refractivity contribution < 1.29 is 14.6 Å². The Hall–Kier alpha value is -0.780. The molecule has 0 bridgehead atoms. The molecule has 0 amide bonds. The lowest BCUT2D eigenvalue weighted by atomic mass is 10.1. The molecule has 0 aliphatic carbocycles. The summed E-state index contributed by atoms with van der Waals surface area (Å²) in [5, 5.41) is 9.40. The number of carbonyl (C=O) groups excluding carboxylic acids is 1. The van der Waals surface area contributed by atoms with Crippen molar-refractivity contribution in [1.82, 2.24) is 0 Å². The molecule has 1 N–H and O–H groups in total. The van der Waals surface area contributed by atoms with Crippen molar-refractivity contribution in [2.45, 2.75) is 6.92 Å². The standard InChI is InChI=1S/C9H9IO3/c1-5(11)6-3-9(13-2)7(10)4-8(6)12/h3-4,12H,1-2H3. The summed E-state index contributed by atoms with van der Waals surface area (Å²) in [7, 11) is 1.53. The topological polar surface area (TPSA) is 46.5 Å². The molecule has 0 heterocycles. The van der Waals surface area contributed by atoms with Crippen LogP contribution < -0.4 is 4.74 Å². The highest BCUT2D eigenvalue weighted by atomic mass is 127. The molecule has 0 radical (unpaired) electrons.